The highest BCUT2D eigenvalue weighted by Crippen LogP contribution is 2.28. The molecule has 0 unspecified atom stereocenters. The van der Waals surface area contributed by atoms with Crippen molar-refractivity contribution in [2.75, 3.05) is 31.1 Å². The number of anilines is 1. The number of rotatable bonds is 4. The fraction of sp³-hybridized carbons (Fsp3) is 0.174. The molecular formula is C23H22N2OS. The molecule has 1 fully saturated rings. The summed E-state index contributed by atoms with van der Waals surface area (Å²) in [5.74, 6) is 0.0948. The second-order valence-electron chi connectivity index (χ2n) is 6.55. The zero-order chi connectivity index (χ0) is 18.5. The van der Waals surface area contributed by atoms with Crippen LogP contribution in [0.5, 0.6) is 0 Å². The van der Waals surface area contributed by atoms with Crippen molar-refractivity contribution < 1.29 is 4.79 Å². The third-order valence-electron chi connectivity index (χ3n) is 4.79. The van der Waals surface area contributed by atoms with E-state index in [4.69, 9.17) is 0 Å². The van der Waals surface area contributed by atoms with Gasteiger partial charge in [0.25, 0.3) is 0 Å². The first kappa shape index (κ1) is 17.6. The molecule has 4 rings (SSSR count). The van der Waals surface area contributed by atoms with Gasteiger partial charge in [0.1, 0.15) is 0 Å². The van der Waals surface area contributed by atoms with Gasteiger partial charge in [0.05, 0.1) is 0 Å². The second kappa shape index (κ2) is 8.23. The lowest BCUT2D eigenvalue weighted by Crippen LogP contribution is -2.48. The van der Waals surface area contributed by atoms with Gasteiger partial charge in [0.15, 0.2) is 0 Å². The molecule has 0 bridgehead atoms. The quantitative estimate of drug-likeness (QED) is 0.614. The van der Waals surface area contributed by atoms with Crippen LogP contribution in [0.3, 0.4) is 0 Å². The standard InChI is InChI=1S/C23H22N2OS/c26-23(25-17-15-24(16-18-25)20-9-5-2-6-10-20)14-12-21-11-13-22(27-21)19-7-3-1-4-8-19/h1-14H,15-18H2. The van der Waals surface area contributed by atoms with E-state index in [1.165, 1.54) is 16.1 Å². The SMILES string of the molecule is O=C(C=Cc1ccc(-c2ccccc2)s1)N1CCN(c2ccccc2)CC1. The average Bonchev–Trinajstić information content (AvgIpc) is 3.22. The molecule has 2 aromatic carbocycles. The number of benzene rings is 2. The summed E-state index contributed by atoms with van der Waals surface area (Å²) in [5, 5.41) is 0. The minimum atomic E-state index is 0.0948. The van der Waals surface area contributed by atoms with E-state index >= 15 is 0 Å². The van der Waals surface area contributed by atoms with Crippen LogP contribution >= 0.6 is 11.3 Å². The van der Waals surface area contributed by atoms with E-state index in [2.05, 4.69) is 53.4 Å². The summed E-state index contributed by atoms with van der Waals surface area (Å²) in [6.07, 6.45) is 3.64. The summed E-state index contributed by atoms with van der Waals surface area (Å²) in [6.45, 7) is 3.27. The number of hydrogen-bond donors (Lipinski definition) is 0. The molecule has 4 heteroatoms. The molecule has 27 heavy (non-hydrogen) atoms. The van der Waals surface area contributed by atoms with Gasteiger partial charge >= 0.3 is 0 Å². The zero-order valence-electron chi connectivity index (χ0n) is 15.1. The smallest absolute Gasteiger partial charge is 0.246 e. The molecule has 3 aromatic rings. The summed E-state index contributed by atoms with van der Waals surface area (Å²) < 4.78 is 0. The first-order valence-electron chi connectivity index (χ1n) is 9.22. The number of piperazine rings is 1. The van der Waals surface area contributed by atoms with Gasteiger partial charge in [0.2, 0.25) is 5.91 Å². The van der Waals surface area contributed by atoms with Crippen molar-refractivity contribution in [1.82, 2.24) is 4.90 Å². The van der Waals surface area contributed by atoms with Gasteiger partial charge in [-0.05, 0) is 35.9 Å². The Balaban J connectivity index is 1.34. The maximum atomic E-state index is 12.5. The molecule has 136 valence electrons. The Hall–Kier alpha value is -2.85. The lowest BCUT2D eigenvalue weighted by molar-refractivity contribution is -0.126. The number of amides is 1. The maximum absolute atomic E-state index is 12.5. The van der Waals surface area contributed by atoms with E-state index in [1.54, 1.807) is 17.4 Å². The third kappa shape index (κ3) is 4.29. The molecule has 0 atom stereocenters. The van der Waals surface area contributed by atoms with Crippen LogP contribution in [0.15, 0.2) is 78.9 Å². The lowest BCUT2D eigenvalue weighted by Gasteiger charge is -2.35. The van der Waals surface area contributed by atoms with E-state index in [9.17, 15) is 4.79 Å². The summed E-state index contributed by atoms with van der Waals surface area (Å²) >= 11 is 1.71. The zero-order valence-corrected chi connectivity index (χ0v) is 15.9. The highest BCUT2D eigenvalue weighted by atomic mass is 32.1. The van der Waals surface area contributed by atoms with Crippen LogP contribution in [0.4, 0.5) is 5.69 Å². The number of hydrogen-bond acceptors (Lipinski definition) is 3. The predicted octanol–water partition coefficient (Wildman–Crippen LogP) is 4.78. The van der Waals surface area contributed by atoms with Gasteiger partial charge in [-0.2, -0.15) is 0 Å². The highest BCUT2D eigenvalue weighted by Gasteiger charge is 2.19. The highest BCUT2D eigenvalue weighted by molar-refractivity contribution is 7.16. The van der Waals surface area contributed by atoms with Crippen molar-refractivity contribution in [1.29, 1.82) is 0 Å². The Bertz CT molecular complexity index is 910. The number of carbonyl (C=O) groups is 1. The molecule has 0 N–H and O–H groups in total. The second-order valence-corrected chi connectivity index (χ2v) is 7.66. The van der Waals surface area contributed by atoms with Crippen LogP contribution in [0.1, 0.15) is 4.88 Å². The summed E-state index contributed by atoms with van der Waals surface area (Å²) in [7, 11) is 0. The number of para-hydroxylation sites is 1. The summed E-state index contributed by atoms with van der Waals surface area (Å²) in [4.78, 5) is 19.1. The van der Waals surface area contributed by atoms with E-state index in [-0.39, 0.29) is 5.91 Å². The van der Waals surface area contributed by atoms with Gasteiger partial charge in [-0.1, -0.05) is 48.5 Å². The lowest BCUT2D eigenvalue weighted by atomic mass is 10.2. The molecule has 1 aromatic heterocycles. The maximum Gasteiger partial charge on any atom is 0.246 e. The Morgan fingerprint density at radius 3 is 2.19 bits per heavy atom. The van der Waals surface area contributed by atoms with Gasteiger partial charge in [-0.25, -0.2) is 0 Å². The average molecular weight is 375 g/mol. The molecule has 3 nitrogen and oxygen atoms in total. The van der Waals surface area contributed by atoms with Gasteiger partial charge in [-0.3, -0.25) is 4.79 Å². The topological polar surface area (TPSA) is 23.6 Å². The van der Waals surface area contributed by atoms with Crippen LogP contribution in [-0.2, 0) is 4.79 Å². The monoisotopic (exact) mass is 374 g/mol. The van der Waals surface area contributed by atoms with Crippen LogP contribution in [0.25, 0.3) is 16.5 Å². The summed E-state index contributed by atoms with van der Waals surface area (Å²) in [6, 6.07) is 24.9. The number of carbonyl (C=O) groups excluding carboxylic acids is 1. The normalized spacial score (nSPS) is 14.7. The molecule has 1 amide bonds. The minimum absolute atomic E-state index is 0.0948. The van der Waals surface area contributed by atoms with Crippen molar-refractivity contribution in [2.24, 2.45) is 0 Å². The Labute approximate surface area is 164 Å². The van der Waals surface area contributed by atoms with Crippen molar-refractivity contribution >= 4 is 29.0 Å². The van der Waals surface area contributed by atoms with Crippen molar-refractivity contribution in [3.05, 3.63) is 83.7 Å². The van der Waals surface area contributed by atoms with E-state index in [0.717, 1.165) is 31.1 Å². The van der Waals surface area contributed by atoms with Crippen LogP contribution in [0, 0.1) is 0 Å². The number of thiophene rings is 1. The molecule has 0 aliphatic carbocycles. The summed E-state index contributed by atoms with van der Waals surface area (Å²) in [5.41, 5.74) is 2.44. The van der Waals surface area contributed by atoms with Gasteiger partial charge in [-0.15, -0.1) is 11.3 Å². The van der Waals surface area contributed by atoms with E-state index < -0.39 is 0 Å². The van der Waals surface area contributed by atoms with Crippen molar-refractivity contribution in [2.45, 2.75) is 0 Å². The molecule has 0 spiro atoms. The van der Waals surface area contributed by atoms with Gasteiger partial charge < -0.3 is 9.80 Å². The fourth-order valence-corrected chi connectivity index (χ4v) is 4.20. The van der Waals surface area contributed by atoms with Crippen LogP contribution in [0.2, 0.25) is 0 Å². The molecule has 2 heterocycles. The minimum Gasteiger partial charge on any atom is -0.368 e. The molecular weight excluding hydrogens is 352 g/mol. The van der Waals surface area contributed by atoms with Crippen LogP contribution < -0.4 is 4.90 Å². The molecule has 1 aliphatic rings. The molecule has 1 aliphatic heterocycles. The van der Waals surface area contributed by atoms with Crippen molar-refractivity contribution in [3.63, 3.8) is 0 Å². The third-order valence-corrected chi connectivity index (χ3v) is 5.89. The Morgan fingerprint density at radius 2 is 1.48 bits per heavy atom. The Morgan fingerprint density at radius 1 is 0.815 bits per heavy atom. The first-order chi connectivity index (χ1) is 13.3. The largest absolute Gasteiger partial charge is 0.368 e. The molecule has 0 radical (unpaired) electrons. The van der Waals surface area contributed by atoms with Gasteiger partial charge in [0, 0.05) is 47.7 Å². The number of nitrogens with zero attached hydrogens (tertiary/aromatic N) is 2. The molecule has 0 saturated carbocycles. The Kier molecular flexibility index (Phi) is 5.35. The molecule has 1 saturated heterocycles. The predicted molar refractivity (Wildman–Crippen MR) is 114 cm³/mol. The van der Waals surface area contributed by atoms with E-state index in [1.807, 2.05) is 35.2 Å². The van der Waals surface area contributed by atoms with E-state index in [0.29, 0.717) is 0 Å². The van der Waals surface area contributed by atoms with Crippen LogP contribution in [-0.4, -0.2) is 37.0 Å². The fourth-order valence-electron chi connectivity index (χ4n) is 3.28. The first-order valence-corrected chi connectivity index (χ1v) is 10.0. The van der Waals surface area contributed by atoms with Crippen molar-refractivity contribution in [3.8, 4) is 10.4 Å².